The number of imide groups is 2. The van der Waals surface area contributed by atoms with E-state index in [1.165, 1.54) is 29.2 Å². The van der Waals surface area contributed by atoms with Crippen LogP contribution in [0.5, 0.6) is 0 Å². The highest BCUT2D eigenvalue weighted by atomic mass is 32.1. The SMILES string of the molecule is Cc1ccc(NC(=O)c2c(-n3c(C)cc(/C=C4\C(=O)NC(=O)N(c5cccc(F)c5)C4=O)c3C)sc3c2CCCC3)cc1. The predicted octanol–water partition coefficient (Wildman–Crippen LogP) is 6.40. The minimum absolute atomic E-state index is 0.0137. The van der Waals surface area contributed by atoms with Crippen molar-refractivity contribution in [3.63, 3.8) is 0 Å². The van der Waals surface area contributed by atoms with Gasteiger partial charge >= 0.3 is 6.03 Å². The molecule has 0 saturated carbocycles. The van der Waals surface area contributed by atoms with Crippen LogP contribution in [0.15, 0.2) is 60.2 Å². The quantitative estimate of drug-likeness (QED) is 0.206. The standard InChI is InChI=1S/C33H29FN4O4S/c1-18-11-13-23(14-12-18)35-30(40)28-25-9-4-5-10-27(25)43-32(28)37-19(2)15-21(20(37)3)16-26-29(39)36-33(42)38(31(26)41)24-8-6-7-22(34)17-24/h6-8,11-17H,4-5,9-10H2,1-3H3,(H,35,40)(H,36,39,42)/b26-16+. The van der Waals surface area contributed by atoms with Crippen molar-refractivity contribution in [1.29, 1.82) is 0 Å². The normalized spacial score (nSPS) is 16.0. The number of nitrogens with zero attached hydrogens (tertiary/aromatic N) is 2. The molecule has 1 aliphatic carbocycles. The van der Waals surface area contributed by atoms with Crippen LogP contribution in [0.4, 0.5) is 20.6 Å². The molecule has 8 nitrogen and oxygen atoms in total. The first kappa shape index (κ1) is 28.3. The Kier molecular flexibility index (Phi) is 7.31. The zero-order chi connectivity index (χ0) is 30.4. The number of urea groups is 1. The van der Waals surface area contributed by atoms with Crippen LogP contribution in [0, 0.1) is 26.6 Å². The number of barbiturate groups is 1. The highest BCUT2D eigenvalue weighted by Gasteiger charge is 2.37. The van der Waals surface area contributed by atoms with E-state index in [0.717, 1.165) is 64.2 Å². The number of anilines is 2. The summed E-state index contributed by atoms with van der Waals surface area (Å²) in [6.45, 7) is 5.76. The van der Waals surface area contributed by atoms with E-state index in [2.05, 4.69) is 10.6 Å². The van der Waals surface area contributed by atoms with Gasteiger partial charge in [-0.2, -0.15) is 0 Å². The van der Waals surface area contributed by atoms with Crippen molar-refractivity contribution < 1.29 is 23.6 Å². The molecule has 0 spiro atoms. The van der Waals surface area contributed by atoms with E-state index >= 15 is 0 Å². The lowest BCUT2D eigenvalue weighted by Gasteiger charge is -2.26. The summed E-state index contributed by atoms with van der Waals surface area (Å²) in [7, 11) is 0. The summed E-state index contributed by atoms with van der Waals surface area (Å²) in [6.07, 6.45) is 5.23. The van der Waals surface area contributed by atoms with Gasteiger partial charge in [-0.3, -0.25) is 19.7 Å². The Morgan fingerprint density at radius 2 is 1.74 bits per heavy atom. The lowest BCUT2D eigenvalue weighted by atomic mass is 9.95. The average molecular weight is 597 g/mol. The number of thiophene rings is 1. The van der Waals surface area contributed by atoms with Crippen molar-refractivity contribution in [3.05, 3.63) is 105 Å². The number of hydrogen-bond acceptors (Lipinski definition) is 5. The molecular weight excluding hydrogens is 567 g/mol. The Hall–Kier alpha value is -4.83. The molecule has 43 heavy (non-hydrogen) atoms. The van der Waals surface area contributed by atoms with Gasteiger partial charge in [0, 0.05) is 22.0 Å². The number of halogens is 1. The number of carbonyl (C=O) groups is 4. The molecule has 10 heteroatoms. The maximum atomic E-state index is 13.9. The molecular formula is C33H29FN4O4S. The first-order chi connectivity index (χ1) is 20.6. The predicted molar refractivity (Wildman–Crippen MR) is 164 cm³/mol. The first-order valence-electron chi connectivity index (χ1n) is 14.0. The molecule has 218 valence electrons. The van der Waals surface area contributed by atoms with Crippen LogP contribution >= 0.6 is 11.3 Å². The molecule has 1 saturated heterocycles. The van der Waals surface area contributed by atoms with Gasteiger partial charge in [-0.05, 0) is 100 Å². The van der Waals surface area contributed by atoms with Crippen molar-refractivity contribution in [2.45, 2.75) is 46.5 Å². The fourth-order valence-electron chi connectivity index (χ4n) is 5.68. The van der Waals surface area contributed by atoms with Crippen LogP contribution in [-0.2, 0) is 22.4 Å². The van der Waals surface area contributed by atoms with E-state index in [0.29, 0.717) is 16.8 Å². The van der Waals surface area contributed by atoms with Gasteiger partial charge in [0.1, 0.15) is 16.4 Å². The highest BCUT2D eigenvalue weighted by molar-refractivity contribution is 7.15. The Morgan fingerprint density at radius 1 is 1.00 bits per heavy atom. The zero-order valence-corrected chi connectivity index (χ0v) is 24.7. The molecule has 0 atom stereocenters. The molecule has 2 aliphatic rings. The average Bonchev–Trinajstić information content (AvgIpc) is 3.47. The van der Waals surface area contributed by atoms with Crippen molar-refractivity contribution in [2.24, 2.45) is 0 Å². The monoisotopic (exact) mass is 596 g/mol. The summed E-state index contributed by atoms with van der Waals surface area (Å²) >= 11 is 1.59. The Bertz CT molecular complexity index is 1850. The summed E-state index contributed by atoms with van der Waals surface area (Å²) in [5.41, 5.74) is 5.39. The Morgan fingerprint density at radius 3 is 2.49 bits per heavy atom. The largest absolute Gasteiger partial charge is 0.335 e. The van der Waals surface area contributed by atoms with Crippen molar-refractivity contribution >= 4 is 52.5 Å². The topological polar surface area (TPSA) is 101 Å². The van der Waals surface area contributed by atoms with E-state index in [1.807, 2.05) is 55.7 Å². The van der Waals surface area contributed by atoms with Crippen LogP contribution < -0.4 is 15.5 Å². The molecule has 2 N–H and O–H groups in total. The number of carbonyl (C=O) groups excluding carboxylic acids is 4. The number of amides is 5. The summed E-state index contributed by atoms with van der Waals surface area (Å²) in [4.78, 5) is 54.5. The third-order valence-electron chi connectivity index (χ3n) is 7.83. The van der Waals surface area contributed by atoms with Gasteiger partial charge in [0.05, 0.1) is 11.3 Å². The number of aromatic nitrogens is 1. The van der Waals surface area contributed by atoms with Crippen LogP contribution in [0.1, 0.15) is 56.2 Å². The summed E-state index contributed by atoms with van der Waals surface area (Å²) < 4.78 is 15.9. The van der Waals surface area contributed by atoms with E-state index in [9.17, 15) is 23.6 Å². The van der Waals surface area contributed by atoms with Gasteiger partial charge in [-0.15, -0.1) is 11.3 Å². The van der Waals surface area contributed by atoms with Crippen molar-refractivity contribution in [1.82, 2.24) is 9.88 Å². The molecule has 1 fully saturated rings. The highest BCUT2D eigenvalue weighted by Crippen LogP contribution is 2.39. The molecule has 0 bridgehead atoms. The zero-order valence-electron chi connectivity index (χ0n) is 23.9. The summed E-state index contributed by atoms with van der Waals surface area (Å²) in [6, 6.07) is 13.6. The lowest BCUT2D eigenvalue weighted by Crippen LogP contribution is -2.54. The van der Waals surface area contributed by atoms with Crippen LogP contribution in [0.2, 0.25) is 0 Å². The minimum Gasteiger partial charge on any atom is -0.322 e. The summed E-state index contributed by atoms with van der Waals surface area (Å²) in [5.74, 6) is -2.49. The van der Waals surface area contributed by atoms with Gasteiger partial charge in [0.25, 0.3) is 17.7 Å². The molecule has 1 aliphatic heterocycles. The lowest BCUT2D eigenvalue weighted by molar-refractivity contribution is -0.122. The van der Waals surface area contributed by atoms with Crippen molar-refractivity contribution in [3.8, 4) is 5.00 Å². The second-order valence-electron chi connectivity index (χ2n) is 10.8. The second-order valence-corrected chi connectivity index (χ2v) is 11.9. The molecule has 0 unspecified atom stereocenters. The number of hydrogen-bond donors (Lipinski definition) is 2. The van der Waals surface area contributed by atoms with Crippen LogP contribution in [-0.4, -0.2) is 28.3 Å². The van der Waals surface area contributed by atoms with E-state index in [-0.39, 0.29) is 17.2 Å². The maximum Gasteiger partial charge on any atom is 0.335 e. The molecule has 6 rings (SSSR count). The first-order valence-corrected chi connectivity index (χ1v) is 14.8. The van der Waals surface area contributed by atoms with Crippen molar-refractivity contribution in [2.75, 3.05) is 10.2 Å². The Balaban J connectivity index is 1.41. The number of nitrogens with one attached hydrogen (secondary N) is 2. The van der Waals surface area contributed by atoms with Gasteiger partial charge in [-0.25, -0.2) is 14.1 Å². The number of aryl methyl sites for hydroxylation is 3. The third-order valence-corrected chi connectivity index (χ3v) is 9.11. The number of fused-ring (bicyclic) bond motifs is 1. The van der Waals surface area contributed by atoms with Crippen LogP contribution in [0.3, 0.4) is 0 Å². The minimum atomic E-state index is -0.948. The third kappa shape index (κ3) is 5.18. The molecule has 3 heterocycles. The molecule has 2 aromatic heterocycles. The fraction of sp³-hybridized carbons (Fsp3) is 0.212. The second kappa shape index (κ2) is 11.1. The van der Waals surface area contributed by atoms with Gasteiger partial charge in [0.2, 0.25) is 0 Å². The maximum absolute atomic E-state index is 13.9. The number of benzene rings is 2. The summed E-state index contributed by atoms with van der Waals surface area (Å²) in [5, 5.41) is 6.03. The van der Waals surface area contributed by atoms with E-state index < -0.39 is 23.7 Å². The van der Waals surface area contributed by atoms with Crippen LogP contribution in [0.25, 0.3) is 11.1 Å². The Labute approximate surface area is 251 Å². The van der Waals surface area contributed by atoms with E-state index in [1.54, 1.807) is 11.3 Å². The molecule has 0 radical (unpaired) electrons. The molecule has 2 aromatic carbocycles. The fourth-order valence-corrected chi connectivity index (χ4v) is 7.18. The number of rotatable bonds is 5. The van der Waals surface area contributed by atoms with E-state index in [4.69, 9.17) is 0 Å². The molecule has 4 aromatic rings. The van der Waals surface area contributed by atoms with Gasteiger partial charge in [0.15, 0.2) is 0 Å². The van der Waals surface area contributed by atoms with Gasteiger partial charge < -0.3 is 9.88 Å². The van der Waals surface area contributed by atoms with Gasteiger partial charge in [-0.1, -0.05) is 23.8 Å². The molecule has 5 amide bonds. The smallest absolute Gasteiger partial charge is 0.322 e.